The minimum atomic E-state index is 0. The van der Waals surface area contributed by atoms with E-state index >= 15 is 0 Å². The van der Waals surface area contributed by atoms with Gasteiger partial charge in [-0.25, -0.2) is 4.68 Å². The molecule has 2 heterocycles. The number of carbonyl (C=O) groups is 1. The first-order chi connectivity index (χ1) is 10.2. The lowest BCUT2D eigenvalue weighted by Crippen LogP contribution is -2.46. The summed E-state index contributed by atoms with van der Waals surface area (Å²) in [7, 11) is 0. The predicted molar refractivity (Wildman–Crippen MR) is 83.9 cm³/mol. The van der Waals surface area contributed by atoms with Crippen LogP contribution in [0.25, 0.3) is 5.69 Å². The first-order valence-electron chi connectivity index (χ1n) is 7.08. The van der Waals surface area contributed by atoms with Gasteiger partial charge in [-0.3, -0.25) is 4.79 Å². The second-order valence-corrected chi connectivity index (χ2v) is 5.34. The molecule has 1 aliphatic rings. The molecule has 0 spiro atoms. The minimum Gasteiger partial charge on any atom is -0.341 e. The van der Waals surface area contributed by atoms with Gasteiger partial charge in [0.2, 0.25) is 5.91 Å². The second kappa shape index (κ2) is 7.33. The summed E-state index contributed by atoms with van der Waals surface area (Å²) in [4.78, 5) is 14.1. The van der Waals surface area contributed by atoms with E-state index in [1.807, 2.05) is 29.2 Å². The summed E-state index contributed by atoms with van der Waals surface area (Å²) in [5.41, 5.74) is 7.77. The molecular formula is C14H19ClN6O. The molecule has 1 aromatic carbocycles. The van der Waals surface area contributed by atoms with Gasteiger partial charge >= 0.3 is 0 Å². The van der Waals surface area contributed by atoms with E-state index in [1.165, 1.54) is 6.33 Å². The lowest BCUT2D eigenvalue weighted by atomic mass is 10.0. The summed E-state index contributed by atoms with van der Waals surface area (Å²) >= 11 is 0. The average Bonchev–Trinajstić information content (AvgIpc) is 3.02. The number of nitrogens with zero attached hydrogens (tertiary/aromatic N) is 5. The number of piperidine rings is 1. The van der Waals surface area contributed by atoms with E-state index in [1.54, 1.807) is 4.68 Å². The Bertz CT molecular complexity index is 600. The first-order valence-corrected chi connectivity index (χ1v) is 7.08. The van der Waals surface area contributed by atoms with E-state index in [0.29, 0.717) is 13.0 Å². The monoisotopic (exact) mass is 322 g/mol. The molecular weight excluding hydrogens is 304 g/mol. The van der Waals surface area contributed by atoms with Gasteiger partial charge < -0.3 is 10.6 Å². The Morgan fingerprint density at radius 1 is 1.32 bits per heavy atom. The Labute approximate surface area is 134 Å². The number of halogens is 1. The van der Waals surface area contributed by atoms with E-state index in [9.17, 15) is 4.79 Å². The molecule has 3 rings (SSSR count). The quantitative estimate of drug-likeness (QED) is 0.892. The molecule has 7 nitrogen and oxygen atoms in total. The van der Waals surface area contributed by atoms with E-state index < -0.39 is 0 Å². The zero-order valence-corrected chi connectivity index (χ0v) is 12.9. The Kier molecular flexibility index (Phi) is 5.46. The van der Waals surface area contributed by atoms with Gasteiger partial charge in [0, 0.05) is 19.1 Å². The number of nitrogens with two attached hydrogens (primary N) is 1. The third-order valence-corrected chi connectivity index (χ3v) is 3.72. The van der Waals surface area contributed by atoms with Crippen LogP contribution in [0.3, 0.4) is 0 Å². The zero-order valence-electron chi connectivity index (χ0n) is 12.1. The number of hydrogen-bond donors (Lipinski definition) is 1. The Morgan fingerprint density at radius 2 is 2.09 bits per heavy atom. The van der Waals surface area contributed by atoms with Crippen molar-refractivity contribution < 1.29 is 4.79 Å². The smallest absolute Gasteiger partial charge is 0.227 e. The van der Waals surface area contributed by atoms with Gasteiger partial charge in [-0.2, -0.15) is 0 Å². The number of aromatic nitrogens is 4. The van der Waals surface area contributed by atoms with Gasteiger partial charge in [0.25, 0.3) is 0 Å². The van der Waals surface area contributed by atoms with Crippen LogP contribution in [-0.2, 0) is 11.2 Å². The molecule has 2 N–H and O–H groups in total. The fraction of sp³-hybridized carbons (Fsp3) is 0.429. The van der Waals surface area contributed by atoms with E-state index in [0.717, 1.165) is 30.6 Å². The van der Waals surface area contributed by atoms with Crippen molar-refractivity contribution in [2.75, 3.05) is 13.1 Å². The van der Waals surface area contributed by atoms with Gasteiger partial charge in [0.15, 0.2) is 0 Å². The fourth-order valence-corrected chi connectivity index (χ4v) is 2.57. The van der Waals surface area contributed by atoms with Crippen molar-refractivity contribution in [3.8, 4) is 5.69 Å². The summed E-state index contributed by atoms with van der Waals surface area (Å²) < 4.78 is 1.58. The van der Waals surface area contributed by atoms with Crippen LogP contribution < -0.4 is 5.73 Å². The number of carbonyl (C=O) groups excluding carboxylic acids is 1. The summed E-state index contributed by atoms with van der Waals surface area (Å²) in [6, 6.07) is 7.78. The van der Waals surface area contributed by atoms with Crippen LogP contribution in [0, 0.1) is 0 Å². The molecule has 1 atom stereocenters. The van der Waals surface area contributed by atoms with Crippen molar-refractivity contribution in [3.63, 3.8) is 0 Å². The molecule has 22 heavy (non-hydrogen) atoms. The average molecular weight is 323 g/mol. The highest BCUT2D eigenvalue weighted by Crippen LogP contribution is 2.12. The highest BCUT2D eigenvalue weighted by atomic mass is 35.5. The lowest BCUT2D eigenvalue weighted by Gasteiger charge is -2.30. The lowest BCUT2D eigenvalue weighted by molar-refractivity contribution is -0.131. The highest BCUT2D eigenvalue weighted by Gasteiger charge is 2.21. The molecule has 0 bridgehead atoms. The molecule has 1 saturated heterocycles. The third kappa shape index (κ3) is 3.80. The highest BCUT2D eigenvalue weighted by molar-refractivity contribution is 5.85. The Morgan fingerprint density at radius 3 is 2.73 bits per heavy atom. The zero-order chi connectivity index (χ0) is 14.7. The third-order valence-electron chi connectivity index (χ3n) is 3.72. The van der Waals surface area contributed by atoms with Crippen molar-refractivity contribution in [1.29, 1.82) is 0 Å². The van der Waals surface area contributed by atoms with Crippen molar-refractivity contribution >= 4 is 18.3 Å². The van der Waals surface area contributed by atoms with Crippen LogP contribution in [0.2, 0.25) is 0 Å². The Balaban J connectivity index is 0.00000176. The van der Waals surface area contributed by atoms with Crippen LogP contribution in [-0.4, -0.2) is 50.1 Å². The van der Waals surface area contributed by atoms with Gasteiger partial charge in [-0.05, 0) is 41.0 Å². The van der Waals surface area contributed by atoms with Crippen molar-refractivity contribution in [1.82, 2.24) is 25.1 Å². The maximum Gasteiger partial charge on any atom is 0.227 e. The Hall–Kier alpha value is -1.99. The number of likely N-dealkylation sites (tertiary alicyclic amines) is 1. The number of benzene rings is 1. The van der Waals surface area contributed by atoms with Gasteiger partial charge in [0.05, 0.1) is 12.1 Å². The molecule has 1 amide bonds. The van der Waals surface area contributed by atoms with Crippen LogP contribution in [0.15, 0.2) is 30.6 Å². The van der Waals surface area contributed by atoms with Crippen LogP contribution in [0.1, 0.15) is 18.4 Å². The van der Waals surface area contributed by atoms with E-state index in [2.05, 4.69) is 15.5 Å². The molecule has 8 heteroatoms. The maximum absolute atomic E-state index is 12.3. The van der Waals surface area contributed by atoms with Crippen molar-refractivity contribution in [2.24, 2.45) is 5.73 Å². The second-order valence-electron chi connectivity index (χ2n) is 5.34. The molecule has 1 aromatic heterocycles. The predicted octanol–water partition coefficient (Wildman–Crippen LogP) is 0.576. The molecule has 0 saturated carbocycles. The summed E-state index contributed by atoms with van der Waals surface area (Å²) in [6.07, 6.45) is 3.94. The van der Waals surface area contributed by atoms with Gasteiger partial charge in [-0.15, -0.1) is 17.5 Å². The SMILES string of the molecule is Cl.NC1CCCN(C(=O)Cc2ccc(-n3cnnn3)cc2)C1. The molecule has 1 fully saturated rings. The number of tetrazole rings is 1. The normalized spacial score (nSPS) is 17.9. The maximum atomic E-state index is 12.3. The topological polar surface area (TPSA) is 89.9 Å². The van der Waals surface area contributed by atoms with Gasteiger partial charge in [0.1, 0.15) is 6.33 Å². The van der Waals surface area contributed by atoms with E-state index in [4.69, 9.17) is 5.73 Å². The molecule has 118 valence electrons. The van der Waals surface area contributed by atoms with Crippen molar-refractivity contribution in [2.45, 2.75) is 25.3 Å². The molecule has 1 aliphatic heterocycles. The minimum absolute atomic E-state index is 0. The molecule has 1 unspecified atom stereocenters. The molecule has 0 aliphatic carbocycles. The van der Waals surface area contributed by atoms with Crippen LogP contribution in [0.4, 0.5) is 0 Å². The summed E-state index contributed by atoms with van der Waals surface area (Å²) in [5, 5.41) is 11.0. The number of amides is 1. The van der Waals surface area contributed by atoms with Crippen LogP contribution >= 0.6 is 12.4 Å². The van der Waals surface area contributed by atoms with Crippen LogP contribution in [0.5, 0.6) is 0 Å². The fourth-order valence-electron chi connectivity index (χ4n) is 2.57. The molecule has 0 radical (unpaired) electrons. The molecule has 2 aromatic rings. The summed E-state index contributed by atoms with van der Waals surface area (Å²) in [5.74, 6) is 0.139. The van der Waals surface area contributed by atoms with E-state index in [-0.39, 0.29) is 24.4 Å². The first kappa shape index (κ1) is 16.4. The van der Waals surface area contributed by atoms with Crippen molar-refractivity contribution in [3.05, 3.63) is 36.2 Å². The largest absolute Gasteiger partial charge is 0.341 e. The number of hydrogen-bond acceptors (Lipinski definition) is 5. The number of rotatable bonds is 3. The summed E-state index contributed by atoms with van der Waals surface area (Å²) in [6.45, 7) is 1.48. The standard InChI is InChI=1S/C14H18N6O.ClH/c15-12-2-1-7-19(9-12)14(21)8-11-3-5-13(6-4-11)20-10-16-17-18-20;/h3-6,10,12H,1-2,7-9,15H2;1H. The van der Waals surface area contributed by atoms with Gasteiger partial charge in [-0.1, -0.05) is 12.1 Å².